The summed E-state index contributed by atoms with van der Waals surface area (Å²) in [5, 5.41) is 0. The van der Waals surface area contributed by atoms with Gasteiger partial charge in [-0.2, -0.15) is 0 Å². The van der Waals surface area contributed by atoms with Crippen LogP contribution in [0.3, 0.4) is 0 Å². The van der Waals surface area contributed by atoms with Crippen molar-refractivity contribution in [1.82, 2.24) is 4.90 Å². The first-order chi connectivity index (χ1) is 11.7. The Hall–Kier alpha value is -1.84. The minimum absolute atomic E-state index is 0. The Morgan fingerprint density at radius 3 is 2.04 bits per heavy atom. The van der Waals surface area contributed by atoms with E-state index in [1.165, 1.54) is 5.56 Å². The van der Waals surface area contributed by atoms with Gasteiger partial charge in [0.15, 0.2) is 0 Å². The Kier molecular flexibility index (Phi) is 7.48. The van der Waals surface area contributed by atoms with E-state index in [-0.39, 0.29) is 18.3 Å². The molecule has 0 saturated carbocycles. The molecule has 1 aliphatic heterocycles. The van der Waals surface area contributed by atoms with Crippen LogP contribution in [0.25, 0.3) is 0 Å². The number of halogens is 1. The van der Waals surface area contributed by atoms with Gasteiger partial charge in [-0.3, -0.25) is 4.79 Å². The second kappa shape index (κ2) is 9.59. The number of hydrogen-bond donors (Lipinski definition) is 1. The van der Waals surface area contributed by atoms with Crippen LogP contribution in [0.2, 0.25) is 0 Å². The van der Waals surface area contributed by atoms with Crippen LogP contribution in [-0.2, 0) is 17.6 Å². The maximum absolute atomic E-state index is 12.6. The molecule has 3 nitrogen and oxygen atoms in total. The molecule has 0 bridgehead atoms. The Balaban J connectivity index is 0.00000225. The monoisotopic (exact) mass is 358 g/mol. The summed E-state index contributed by atoms with van der Waals surface area (Å²) >= 11 is 0. The Labute approximate surface area is 156 Å². The number of nitrogens with two attached hydrogens (primary N) is 1. The SMILES string of the molecule is Cl.NC(Cc1ccccc1)C(=O)N1CCC(Cc2ccccc2)CC1. The van der Waals surface area contributed by atoms with Gasteiger partial charge in [-0.25, -0.2) is 0 Å². The molecule has 1 atom stereocenters. The van der Waals surface area contributed by atoms with Crippen molar-refractivity contribution in [2.45, 2.75) is 31.7 Å². The molecule has 2 N–H and O–H groups in total. The molecule has 134 valence electrons. The van der Waals surface area contributed by atoms with Crippen LogP contribution in [0.1, 0.15) is 24.0 Å². The topological polar surface area (TPSA) is 46.3 Å². The molecule has 0 aromatic heterocycles. The zero-order chi connectivity index (χ0) is 16.8. The predicted molar refractivity (Wildman–Crippen MR) is 105 cm³/mol. The Morgan fingerprint density at radius 2 is 1.48 bits per heavy atom. The smallest absolute Gasteiger partial charge is 0.239 e. The van der Waals surface area contributed by atoms with Crippen molar-refractivity contribution in [3.05, 3.63) is 71.8 Å². The summed E-state index contributed by atoms with van der Waals surface area (Å²) in [5.41, 5.74) is 8.66. The van der Waals surface area contributed by atoms with Crippen molar-refractivity contribution in [1.29, 1.82) is 0 Å². The van der Waals surface area contributed by atoms with E-state index in [1.807, 2.05) is 35.2 Å². The zero-order valence-electron chi connectivity index (χ0n) is 14.5. The molecule has 1 fully saturated rings. The second-order valence-electron chi connectivity index (χ2n) is 6.75. The Morgan fingerprint density at radius 1 is 0.960 bits per heavy atom. The molecule has 2 aromatic rings. The van der Waals surface area contributed by atoms with E-state index < -0.39 is 6.04 Å². The molecular weight excluding hydrogens is 332 g/mol. The van der Waals surface area contributed by atoms with Gasteiger partial charge in [0, 0.05) is 13.1 Å². The number of hydrogen-bond acceptors (Lipinski definition) is 2. The quantitative estimate of drug-likeness (QED) is 0.889. The molecule has 0 spiro atoms. The fourth-order valence-electron chi connectivity index (χ4n) is 3.49. The number of carbonyl (C=O) groups excluding carboxylic acids is 1. The minimum atomic E-state index is -0.432. The molecule has 0 radical (unpaired) electrons. The number of rotatable bonds is 5. The summed E-state index contributed by atoms with van der Waals surface area (Å²) in [7, 11) is 0. The van der Waals surface area contributed by atoms with Crippen molar-refractivity contribution in [2.75, 3.05) is 13.1 Å². The van der Waals surface area contributed by atoms with Crippen LogP contribution in [0.4, 0.5) is 0 Å². The molecule has 1 amide bonds. The highest BCUT2D eigenvalue weighted by atomic mass is 35.5. The summed E-state index contributed by atoms with van der Waals surface area (Å²) in [6, 6.07) is 20.2. The summed E-state index contributed by atoms with van der Waals surface area (Å²) in [5.74, 6) is 0.763. The van der Waals surface area contributed by atoms with Crippen LogP contribution in [0.5, 0.6) is 0 Å². The summed E-state index contributed by atoms with van der Waals surface area (Å²) < 4.78 is 0. The van der Waals surface area contributed by atoms with Crippen molar-refractivity contribution < 1.29 is 4.79 Å². The van der Waals surface area contributed by atoms with E-state index in [0.717, 1.165) is 37.9 Å². The number of carbonyl (C=O) groups is 1. The van der Waals surface area contributed by atoms with Crippen molar-refractivity contribution >= 4 is 18.3 Å². The van der Waals surface area contributed by atoms with Crippen LogP contribution in [0, 0.1) is 5.92 Å². The number of piperidine rings is 1. The molecule has 1 saturated heterocycles. The maximum atomic E-state index is 12.6. The normalized spacial score (nSPS) is 16.1. The van der Waals surface area contributed by atoms with E-state index in [9.17, 15) is 4.79 Å². The van der Waals surface area contributed by atoms with Gasteiger partial charge in [-0.1, -0.05) is 60.7 Å². The third-order valence-electron chi connectivity index (χ3n) is 4.91. The minimum Gasteiger partial charge on any atom is -0.341 e. The fourth-order valence-corrected chi connectivity index (χ4v) is 3.49. The van der Waals surface area contributed by atoms with E-state index in [4.69, 9.17) is 5.73 Å². The third-order valence-corrected chi connectivity index (χ3v) is 4.91. The molecule has 1 unspecified atom stereocenters. The highest BCUT2D eigenvalue weighted by molar-refractivity contribution is 5.85. The number of likely N-dealkylation sites (tertiary alicyclic amines) is 1. The average Bonchev–Trinajstić information content (AvgIpc) is 2.63. The lowest BCUT2D eigenvalue weighted by Gasteiger charge is -2.33. The highest BCUT2D eigenvalue weighted by Gasteiger charge is 2.26. The maximum Gasteiger partial charge on any atom is 0.239 e. The van der Waals surface area contributed by atoms with E-state index in [0.29, 0.717) is 12.3 Å². The molecule has 25 heavy (non-hydrogen) atoms. The van der Waals surface area contributed by atoms with Crippen molar-refractivity contribution in [3.63, 3.8) is 0 Å². The molecule has 2 aromatic carbocycles. The van der Waals surface area contributed by atoms with Gasteiger partial charge in [-0.15, -0.1) is 12.4 Å². The zero-order valence-corrected chi connectivity index (χ0v) is 15.3. The van der Waals surface area contributed by atoms with Crippen LogP contribution < -0.4 is 5.73 Å². The van der Waals surface area contributed by atoms with Gasteiger partial charge in [0.25, 0.3) is 0 Å². The van der Waals surface area contributed by atoms with E-state index >= 15 is 0 Å². The van der Waals surface area contributed by atoms with E-state index in [2.05, 4.69) is 30.3 Å². The summed E-state index contributed by atoms with van der Waals surface area (Å²) in [6.45, 7) is 1.66. The van der Waals surface area contributed by atoms with Crippen molar-refractivity contribution in [2.24, 2.45) is 11.7 Å². The highest BCUT2D eigenvalue weighted by Crippen LogP contribution is 2.22. The molecule has 0 aliphatic carbocycles. The van der Waals surface area contributed by atoms with Gasteiger partial charge >= 0.3 is 0 Å². The number of benzene rings is 2. The lowest BCUT2D eigenvalue weighted by atomic mass is 9.90. The molecular formula is C21H27ClN2O. The average molecular weight is 359 g/mol. The Bertz CT molecular complexity index is 639. The van der Waals surface area contributed by atoms with Gasteiger partial charge < -0.3 is 10.6 Å². The summed E-state index contributed by atoms with van der Waals surface area (Å²) in [6.07, 6.45) is 3.86. The van der Waals surface area contributed by atoms with Gasteiger partial charge in [0.1, 0.15) is 0 Å². The lowest BCUT2D eigenvalue weighted by molar-refractivity contribution is -0.133. The molecule has 4 heteroatoms. The van der Waals surface area contributed by atoms with Gasteiger partial charge in [0.05, 0.1) is 6.04 Å². The first-order valence-corrected chi connectivity index (χ1v) is 8.84. The molecule has 1 aliphatic rings. The second-order valence-corrected chi connectivity index (χ2v) is 6.75. The van der Waals surface area contributed by atoms with Crippen molar-refractivity contribution in [3.8, 4) is 0 Å². The number of amides is 1. The summed E-state index contributed by atoms with van der Waals surface area (Å²) in [4.78, 5) is 14.5. The largest absolute Gasteiger partial charge is 0.341 e. The molecule has 1 heterocycles. The van der Waals surface area contributed by atoms with Gasteiger partial charge in [0.2, 0.25) is 5.91 Å². The standard InChI is InChI=1S/C21H26N2O.ClH/c22-20(16-18-9-5-2-6-10-18)21(24)23-13-11-19(12-14-23)15-17-7-3-1-4-8-17;/h1-10,19-20H,11-16,22H2;1H. The predicted octanol–water partition coefficient (Wildman–Crippen LogP) is 3.46. The van der Waals surface area contributed by atoms with Crippen LogP contribution in [-0.4, -0.2) is 29.9 Å². The number of nitrogens with zero attached hydrogens (tertiary/aromatic N) is 1. The van der Waals surface area contributed by atoms with Gasteiger partial charge in [-0.05, 0) is 42.7 Å². The third kappa shape index (κ3) is 5.58. The lowest BCUT2D eigenvalue weighted by Crippen LogP contribution is -2.48. The fraction of sp³-hybridized carbons (Fsp3) is 0.381. The first kappa shape index (κ1) is 19.5. The van der Waals surface area contributed by atoms with Crippen LogP contribution in [0.15, 0.2) is 60.7 Å². The molecule has 3 rings (SSSR count). The van der Waals surface area contributed by atoms with Crippen LogP contribution >= 0.6 is 12.4 Å². The first-order valence-electron chi connectivity index (χ1n) is 8.84. The van der Waals surface area contributed by atoms with E-state index in [1.54, 1.807) is 0 Å².